The van der Waals surface area contributed by atoms with E-state index < -0.39 is 5.41 Å². The third kappa shape index (κ3) is 5.86. The number of carbonyl (C=O) groups excluding carboxylic acids is 1. The number of anilines is 1. The average molecular weight is 584 g/mol. The van der Waals surface area contributed by atoms with Crippen molar-refractivity contribution < 1.29 is 19.0 Å². The normalized spacial score (nSPS) is 19.6. The molecule has 0 radical (unpaired) electrons. The van der Waals surface area contributed by atoms with Crippen LogP contribution in [-0.4, -0.2) is 79.2 Å². The number of benzene rings is 3. The molecular weight excluding hydrogens is 542 g/mol. The Hall–Kier alpha value is -4.24. The summed E-state index contributed by atoms with van der Waals surface area (Å²) in [6, 6.07) is 22.7. The number of hydrogen-bond acceptors (Lipinski definition) is 7. The first-order valence-corrected chi connectivity index (χ1v) is 15.1. The number of aromatic amines is 1. The van der Waals surface area contributed by atoms with Gasteiger partial charge in [-0.25, -0.2) is 4.98 Å². The molecule has 2 saturated heterocycles. The van der Waals surface area contributed by atoms with E-state index in [9.17, 15) is 4.79 Å². The maximum absolute atomic E-state index is 14.3. The maximum Gasteiger partial charge on any atom is 0.233 e. The second kappa shape index (κ2) is 12.6. The zero-order valence-corrected chi connectivity index (χ0v) is 25.3. The molecule has 4 aromatic rings. The Kier molecular flexibility index (Phi) is 8.42. The van der Waals surface area contributed by atoms with Crippen LogP contribution in [0.15, 0.2) is 66.7 Å². The van der Waals surface area contributed by atoms with Crippen LogP contribution >= 0.6 is 0 Å². The van der Waals surface area contributed by atoms with Crippen LogP contribution in [0.25, 0.3) is 11.0 Å². The van der Waals surface area contributed by atoms with E-state index in [0.717, 1.165) is 73.4 Å². The van der Waals surface area contributed by atoms with Gasteiger partial charge in [0.25, 0.3) is 0 Å². The number of nitrogens with one attached hydrogen (secondary N) is 2. The van der Waals surface area contributed by atoms with E-state index in [2.05, 4.69) is 38.4 Å². The number of para-hydroxylation sites is 2. The minimum Gasteiger partial charge on any atom is -0.493 e. The van der Waals surface area contributed by atoms with Gasteiger partial charge in [-0.2, -0.15) is 0 Å². The van der Waals surface area contributed by atoms with Gasteiger partial charge in [0.1, 0.15) is 0 Å². The van der Waals surface area contributed by atoms with Crippen molar-refractivity contribution >= 4 is 22.9 Å². The Balaban J connectivity index is 1.12. The topological polar surface area (TPSA) is 92.0 Å². The van der Waals surface area contributed by atoms with Crippen molar-refractivity contribution in [2.24, 2.45) is 0 Å². The van der Waals surface area contributed by atoms with Crippen molar-refractivity contribution in [2.45, 2.75) is 43.7 Å². The summed E-state index contributed by atoms with van der Waals surface area (Å²) in [5.74, 6) is 2.77. The van der Waals surface area contributed by atoms with E-state index >= 15 is 0 Å². The molecule has 1 aromatic heterocycles. The molecule has 43 heavy (non-hydrogen) atoms. The molecule has 1 amide bonds. The molecule has 1 atom stereocenters. The Morgan fingerprint density at radius 2 is 1.63 bits per heavy atom. The minimum absolute atomic E-state index is 0.189. The van der Waals surface area contributed by atoms with Crippen molar-refractivity contribution in [1.82, 2.24) is 19.8 Å². The van der Waals surface area contributed by atoms with E-state index in [1.807, 2.05) is 53.4 Å². The van der Waals surface area contributed by atoms with Gasteiger partial charge in [0.15, 0.2) is 11.5 Å². The van der Waals surface area contributed by atoms with E-state index in [4.69, 9.17) is 14.2 Å². The van der Waals surface area contributed by atoms with Crippen molar-refractivity contribution in [3.05, 3.63) is 77.9 Å². The molecule has 9 nitrogen and oxygen atoms in total. The number of likely N-dealkylation sites (tertiary alicyclic amines) is 2. The number of H-pyrrole nitrogens is 1. The number of hydrogen-bond donors (Lipinski definition) is 2. The largest absolute Gasteiger partial charge is 0.493 e. The monoisotopic (exact) mass is 583 g/mol. The number of piperidine rings is 1. The van der Waals surface area contributed by atoms with Gasteiger partial charge in [0, 0.05) is 32.2 Å². The molecule has 6 rings (SSSR count). The molecule has 2 N–H and O–H groups in total. The number of rotatable bonds is 11. The molecule has 9 heteroatoms. The van der Waals surface area contributed by atoms with Crippen LogP contribution in [-0.2, 0) is 16.8 Å². The molecule has 0 spiro atoms. The zero-order valence-electron chi connectivity index (χ0n) is 25.3. The molecule has 3 heterocycles. The lowest BCUT2D eigenvalue weighted by Crippen LogP contribution is -2.44. The van der Waals surface area contributed by atoms with Crippen LogP contribution in [0, 0.1) is 0 Å². The lowest BCUT2D eigenvalue weighted by atomic mass is 9.76. The maximum atomic E-state index is 14.3. The van der Waals surface area contributed by atoms with Gasteiger partial charge < -0.3 is 34.3 Å². The number of carbonyl (C=O) groups is 1. The van der Waals surface area contributed by atoms with E-state index in [1.165, 1.54) is 0 Å². The average Bonchev–Trinajstić information content (AvgIpc) is 3.60. The summed E-state index contributed by atoms with van der Waals surface area (Å²) in [5.41, 5.74) is 3.55. The lowest BCUT2D eigenvalue weighted by molar-refractivity contribution is -0.133. The van der Waals surface area contributed by atoms with Crippen LogP contribution < -0.4 is 19.5 Å². The van der Waals surface area contributed by atoms with Gasteiger partial charge in [-0.05, 0) is 67.6 Å². The number of methoxy groups -OCH3 is 3. The highest BCUT2D eigenvalue weighted by atomic mass is 16.5. The standard InChI is InChI=1S/C34H41N5O4/c1-41-29-21-24(22-30(42-2)31(29)43-3)23-39-20-16-34(32(39)40,25-9-5-4-6-10-25)15-19-38-17-13-26(14-18-38)35-33-36-27-11-7-8-12-28(27)37-33/h4-12,21-22,26H,13-20,23H2,1-3H3,(H2,35,36,37). The van der Waals surface area contributed by atoms with Crippen LogP contribution in [0.5, 0.6) is 17.2 Å². The Labute approximate surface area is 253 Å². The van der Waals surface area contributed by atoms with Crippen LogP contribution in [0.3, 0.4) is 0 Å². The summed E-state index contributed by atoms with van der Waals surface area (Å²) in [6.45, 7) is 4.06. The first-order valence-electron chi connectivity index (χ1n) is 15.1. The number of fused-ring (bicyclic) bond motifs is 1. The van der Waals surface area contributed by atoms with Crippen molar-refractivity contribution in [3.63, 3.8) is 0 Å². The number of aromatic nitrogens is 2. The first-order chi connectivity index (χ1) is 21.0. The van der Waals surface area contributed by atoms with Gasteiger partial charge in [-0.3, -0.25) is 4.79 Å². The smallest absolute Gasteiger partial charge is 0.233 e. The third-order valence-electron chi connectivity index (χ3n) is 9.10. The summed E-state index contributed by atoms with van der Waals surface area (Å²) in [5, 5.41) is 3.60. The molecule has 0 bridgehead atoms. The highest BCUT2D eigenvalue weighted by Gasteiger charge is 2.47. The van der Waals surface area contributed by atoms with Gasteiger partial charge in [0.05, 0.1) is 37.8 Å². The highest BCUT2D eigenvalue weighted by molar-refractivity contribution is 5.90. The summed E-state index contributed by atoms with van der Waals surface area (Å²) in [6.07, 6.45) is 3.67. The quantitative estimate of drug-likeness (QED) is 0.250. The fourth-order valence-electron chi connectivity index (χ4n) is 6.70. The highest BCUT2D eigenvalue weighted by Crippen LogP contribution is 2.42. The molecule has 1 unspecified atom stereocenters. The fourth-order valence-corrected chi connectivity index (χ4v) is 6.70. The van der Waals surface area contributed by atoms with Gasteiger partial charge in [-0.1, -0.05) is 42.5 Å². The second-order valence-electron chi connectivity index (χ2n) is 11.6. The van der Waals surface area contributed by atoms with E-state index in [-0.39, 0.29) is 5.91 Å². The van der Waals surface area contributed by atoms with Crippen molar-refractivity contribution in [3.8, 4) is 17.2 Å². The molecule has 2 fully saturated rings. The lowest BCUT2D eigenvalue weighted by Gasteiger charge is -2.35. The van der Waals surface area contributed by atoms with E-state index in [1.54, 1.807) is 21.3 Å². The summed E-state index contributed by atoms with van der Waals surface area (Å²) >= 11 is 0. The zero-order chi connectivity index (χ0) is 29.8. The van der Waals surface area contributed by atoms with Crippen molar-refractivity contribution in [2.75, 3.05) is 52.8 Å². The number of nitrogens with zero attached hydrogens (tertiary/aromatic N) is 3. The first kappa shape index (κ1) is 28.9. The SMILES string of the molecule is COc1cc(CN2CCC(CCN3CCC(Nc4nc5ccccc5[nH]4)CC3)(c3ccccc3)C2=O)cc(OC)c1OC. The molecule has 0 aliphatic carbocycles. The second-order valence-corrected chi connectivity index (χ2v) is 11.6. The number of amides is 1. The molecule has 226 valence electrons. The molecule has 0 saturated carbocycles. The molecule has 3 aromatic carbocycles. The van der Waals surface area contributed by atoms with Crippen LogP contribution in [0.4, 0.5) is 5.95 Å². The van der Waals surface area contributed by atoms with Crippen LogP contribution in [0.1, 0.15) is 36.8 Å². The van der Waals surface area contributed by atoms with Gasteiger partial charge in [0.2, 0.25) is 17.6 Å². The molecule has 2 aliphatic heterocycles. The van der Waals surface area contributed by atoms with Gasteiger partial charge >= 0.3 is 0 Å². The van der Waals surface area contributed by atoms with E-state index in [0.29, 0.717) is 36.4 Å². The fraction of sp³-hybridized carbons (Fsp3) is 0.412. The Bertz CT molecular complexity index is 1490. The predicted octanol–water partition coefficient (Wildman–Crippen LogP) is 5.23. The minimum atomic E-state index is -0.536. The molecular formula is C34H41N5O4. The predicted molar refractivity (Wildman–Crippen MR) is 168 cm³/mol. The number of imidazole rings is 1. The van der Waals surface area contributed by atoms with Crippen molar-refractivity contribution in [1.29, 1.82) is 0 Å². The summed E-state index contributed by atoms with van der Waals surface area (Å²) in [4.78, 5) is 26.8. The summed E-state index contributed by atoms with van der Waals surface area (Å²) < 4.78 is 16.6. The third-order valence-corrected chi connectivity index (χ3v) is 9.10. The Morgan fingerprint density at radius 3 is 2.30 bits per heavy atom. The van der Waals surface area contributed by atoms with Gasteiger partial charge in [-0.15, -0.1) is 0 Å². The molecule has 2 aliphatic rings. The summed E-state index contributed by atoms with van der Waals surface area (Å²) in [7, 11) is 4.82. The van der Waals surface area contributed by atoms with Crippen LogP contribution in [0.2, 0.25) is 0 Å². The Morgan fingerprint density at radius 1 is 0.930 bits per heavy atom. The number of ether oxygens (including phenoxy) is 3.